The number of nitrogens with zero attached hydrogens (tertiary/aromatic N) is 1. The zero-order valence-electron chi connectivity index (χ0n) is 16.0. The van der Waals surface area contributed by atoms with Crippen LogP contribution in [0.4, 0.5) is 11.4 Å². The van der Waals surface area contributed by atoms with Crippen LogP contribution in [0.15, 0.2) is 48.5 Å². The summed E-state index contributed by atoms with van der Waals surface area (Å²) in [6, 6.07) is 13.2. The van der Waals surface area contributed by atoms with Crippen molar-refractivity contribution >= 4 is 29.2 Å². The van der Waals surface area contributed by atoms with E-state index in [4.69, 9.17) is 14.6 Å². The molecule has 1 atom stereocenters. The van der Waals surface area contributed by atoms with Gasteiger partial charge < -0.3 is 24.8 Å². The second-order valence-electron chi connectivity index (χ2n) is 6.61. The van der Waals surface area contributed by atoms with Gasteiger partial charge in [-0.25, -0.2) is 4.79 Å². The van der Waals surface area contributed by atoms with Gasteiger partial charge in [-0.2, -0.15) is 0 Å². The number of nitrogens with one attached hydrogen (secondary N) is 1. The third-order valence-corrected chi connectivity index (χ3v) is 4.49. The summed E-state index contributed by atoms with van der Waals surface area (Å²) in [7, 11) is 1.63. The molecule has 29 heavy (non-hydrogen) atoms. The summed E-state index contributed by atoms with van der Waals surface area (Å²) in [6.45, 7) is 0.153. The number of anilines is 2. The maximum absolute atomic E-state index is 12.8. The minimum absolute atomic E-state index is 0.211. The summed E-state index contributed by atoms with van der Waals surface area (Å²) in [4.78, 5) is 37.0. The number of carbonyl (C=O) groups excluding carboxylic acids is 2. The van der Waals surface area contributed by atoms with Gasteiger partial charge in [-0.3, -0.25) is 9.59 Å². The van der Waals surface area contributed by atoms with Crippen molar-refractivity contribution in [1.82, 2.24) is 0 Å². The first-order valence-corrected chi connectivity index (χ1v) is 9.19. The van der Waals surface area contributed by atoms with Gasteiger partial charge in [-0.1, -0.05) is 6.07 Å². The number of carbonyl (C=O) groups is 3. The normalized spacial score (nSPS) is 15.6. The van der Waals surface area contributed by atoms with Crippen LogP contribution in [0.5, 0.6) is 5.75 Å². The molecule has 1 unspecified atom stereocenters. The first-order chi connectivity index (χ1) is 13.9. The van der Waals surface area contributed by atoms with Crippen LogP contribution in [0, 0.1) is 0 Å². The molecule has 0 radical (unpaired) electrons. The number of carboxylic acids is 1. The topological polar surface area (TPSA) is 105 Å². The molecule has 0 aliphatic carbocycles. The van der Waals surface area contributed by atoms with Gasteiger partial charge in [0.05, 0.1) is 0 Å². The van der Waals surface area contributed by atoms with Crippen molar-refractivity contribution in [3.05, 3.63) is 54.1 Å². The molecule has 3 rings (SSSR count). The zero-order chi connectivity index (χ0) is 20.8. The third kappa shape index (κ3) is 5.32. The number of amides is 2. The summed E-state index contributed by atoms with van der Waals surface area (Å²) in [5, 5.41) is 11.4. The molecule has 8 nitrogen and oxygen atoms in total. The van der Waals surface area contributed by atoms with Crippen molar-refractivity contribution in [2.24, 2.45) is 0 Å². The highest BCUT2D eigenvalue weighted by atomic mass is 16.5. The summed E-state index contributed by atoms with van der Waals surface area (Å²) in [5.74, 6) is -1.13. The van der Waals surface area contributed by atoms with Crippen LogP contribution in [0.1, 0.15) is 23.2 Å². The van der Waals surface area contributed by atoms with E-state index in [2.05, 4.69) is 5.32 Å². The van der Waals surface area contributed by atoms with Gasteiger partial charge in [-0.05, 0) is 55.3 Å². The lowest BCUT2D eigenvalue weighted by Crippen LogP contribution is -2.28. The van der Waals surface area contributed by atoms with Crippen LogP contribution in [-0.2, 0) is 14.3 Å². The predicted molar refractivity (Wildman–Crippen MR) is 106 cm³/mol. The second kappa shape index (κ2) is 9.20. The molecule has 2 amide bonds. The average molecular weight is 398 g/mol. The molecule has 1 aliphatic rings. The lowest BCUT2D eigenvalue weighted by molar-refractivity contribution is -0.139. The number of carboxylic acid groups (broad SMARTS) is 1. The summed E-state index contributed by atoms with van der Waals surface area (Å²) >= 11 is 0. The molecule has 0 saturated carbocycles. The molecular formula is C21H22N2O6. The van der Waals surface area contributed by atoms with Gasteiger partial charge in [-0.15, -0.1) is 0 Å². The Morgan fingerprint density at radius 3 is 2.62 bits per heavy atom. The predicted octanol–water partition coefficient (Wildman–Crippen LogP) is 2.54. The second-order valence-corrected chi connectivity index (χ2v) is 6.61. The Kier molecular flexibility index (Phi) is 6.46. The molecular weight excluding hydrogens is 376 g/mol. The third-order valence-electron chi connectivity index (χ3n) is 4.49. The van der Waals surface area contributed by atoms with Crippen molar-refractivity contribution in [3.8, 4) is 5.75 Å². The van der Waals surface area contributed by atoms with E-state index in [9.17, 15) is 14.4 Å². The zero-order valence-corrected chi connectivity index (χ0v) is 16.0. The number of benzene rings is 2. The van der Waals surface area contributed by atoms with Gasteiger partial charge in [0.1, 0.15) is 11.9 Å². The number of hydrogen-bond acceptors (Lipinski definition) is 5. The molecule has 0 aromatic heterocycles. The molecule has 2 aromatic rings. The Bertz CT molecular complexity index is 890. The van der Waals surface area contributed by atoms with E-state index in [0.29, 0.717) is 35.7 Å². The molecule has 2 N–H and O–H groups in total. The fourth-order valence-corrected chi connectivity index (χ4v) is 2.96. The molecule has 8 heteroatoms. The maximum Gasteiger partial charge on any atom is 0.341 e. The lowest BCUT2D eigenvalue weighted by atomic mass is 10.1. The quantitative estimate of drug-likeness (QED) is 0.743. The Hall–Kier alpha value is -3.39. The average Bonchev–Trinajstić information content (AvgIpc) is 3.27. The standard InChI is InChI=1S/C21H22N2O6/c1-23(16-7-9-17(10-8-16)29-13-19(24)25)21(27)14-4-2-5-15(12-14)22-20(26)18-6-3-11-28-18/h2,4-5,7-10,12,18H,3,6,11,13H2,1H3,(H,22,26)(H,24,25). The van der Waals surface area contributed by atoms with Gasteiger partial charge in [0.15, 0.2) is 6.61 Å². The number of aliphatic carboxylic acids is 1. The fourth-order valence-electron chi connectivity index (χ4n) is 2.96. The molecule has 0 bridgehead atoms. The molecule has 1 heterocycles. The monoisotopic (exact) mass is 398 g/mol. The van der Waals surface area contributed by atoms with Crippen LogP contribution in [0.3, 0.4) is 0 Å². The van der Waals surface area contributed by atoms with E-state index in [1.54, 1.807) is 55.6 Å². The van der Waals surface area contributed by atoms with Crippen molar-refractivity contribution < 1.29 is 29.0 Å². The fraction of sp³-hybridized carbons (Fsp3) is 0.286. The van der Waals surface area contributed by atoms with Gasteiger partial charge in [0.2, 0.25) is 0 Å². The van der Waals surface area contributed by atoms with E-state index in [1.807, 2.05) is 0 Å². The molecule has 2 aromatic carbocycles. The minimum Gasteiger partial charge on any atom is -0.482 e. The van der Waals surface area contributed by atoms with Crippen molar-refractivity contribution in [2.45, 2.75) is 18.9 Å². The molecule has 152 valence electrons. The molecule has 1 aliphatic heterocycles. The maximum atomic E-state index is 12.8. The Morgan fingerprint density at radius 2 is 1.97 bits per heavy atom. The van der Waals surface area contributed by atoms with Crippen molar-refractivity contribution in [2.75, 3.05) is 30.5 Å². The number of hydrogen-bond donors (Lipinski definition) is 2. The molecule has 0 spiro atoms. The van der Waals surface area contributed by atoms with Crippen LogP contribution in [0.25, 0.3) is 0 Å². The highest BCUT2D eigenvalue weighted by Crippen LogP contribution is 2.22. The van der Waals surface area contributed by atoms with E-state index in [-0.39, 0.29) is 11.8 Å². The van der Waals surface area contributed by atoms with Crippen molar-refractivity contribution in [3.63, 3.8) is 0 Å². The number of rotatable bonds is 7. The largest absolute Gasteiger partial charge is 0.482 e. The van der Waals surface area contributed by atoms with Crippen LogP contribution < -0.4 is 15.0 Å². The smallest absolute Gasteiger partial charge is 0.341 e. The molecule has 1 saturated heterocycles. The van der Waals surface area contributed by atoms with Crippen LogP contribution in [0.2, 0.25) is 0 Å². The van der Waals surface area contributed by atoms with Crippen molar-refractivity contribution in [1.29, 1.82) is 0 Å². The first-order valence-electron chi connectivity index (χ1n) is 9.19. The number of ether oxygens (including phenoxy) is 2. The highest BCUT2D eigenvalue weighted by Gasteiger charge is 2.24. The highest BCUT2D eigenvalue weighted by molar-refractivity contribution is 6.06. The Balaban J connectivity index is 1.66. The van der Waals surface area contributed by atoms with E-state index >= 15 is 0 Å². The summed E-state index contributed by atoms with van der Waals surface area (Å²) in [5.41, 5.74) is 1.57. The molecule has 1 fully saturated rings. The minimum atomic E-state index is -1.06. The van der Waals surface area contributed by atoms with Gasteiger partial charge in [0, 0.05) is 30.6 Å². The SMILES string of the molecule is CN(C(=O)c1cccc(NC(=O)C2CCCO2)c1)c1ccc(OCC(=O)O)cc1. The van der Waals surface area contributed by atoms with Gasteiger partial charge >= 0.3 is 5.97 Å². The Labute approximate surface area is 168 Å². The lowest BCUT2D eigenvalue weighted by Gasteiger charge is -2.18. The van der Waals surface area contributed by atoms with Crippen LogP contribution >= 0.6 is 0 Å². The Morgan fingerprint density at radius 1 is 1.21 bits per heavy atom. The van der Waals surface area contributed by atoms with E-state index in [1.165, 1.54) is 4.90 Å². The van der Waals surface area contributed by atoms with E-state index < -0.39 is 18.7 Å². The van der Waals surface area contributed by atoms with Crippen LogP contribution in [-0.4, -0.2) is 49.3 Å². The van der Waals surface area contributed by atoms with Gasteiger partial charge in [0.25, 0.3) is 11.8 Å². The summed E-state index contributed by atoms with van der Waals surface area (Å²) < 4.78 is 10.5. The first kappa shape index (κ1) is 20.3. The summed E-state index contributed by atoms with van der Waals surface area (Å²) in [6.07, 6.45) is 1.11. The van der Waals surface area contributed by atoms with E-state index in [0.717, 1.165) is 6.42 Å².